The Morgan fingerprint density at radius 3 is 2.41 bits per heavy atom. The quantitative estimate of drug-likeness (QED) is 0.615. The van der Waals surface area contributed by atoms with Gasteiger partial charge in [0.05, 0.1) is 5.56 Å². The van der Waals surface area contributed by atoms with Crippen LogP contribution >= 0.6 is 11.6 Å². The standard InChI is InChI=1S/C23H20ClFN2O2/c1-15-11-12-17(24)14-20(15)26-23(29)21(13-16-7-3-2-4-8-16)27-22(28)18-9-5-6-10-19(18)25/h2-12,14,21H,13H2,1H3,(H,26,29)(H,27,28)/t21-/m0/s1. The second-order valence-electron chi connectivity index (χ2n) is 6.64. The number of carbonyl (C=O) groups excluding carboxylic acids is 2. The number of hydrogen-bond donors (Lipinski definition) is 2. The molecule has 0 bridgehead atoms. The molecule has 0 radical (unpaired) electrons. The molecule has 148 valence electrons. The summed E-state index contributed by atoms with van der Waals surface area (Å²) in [5.74, 6) is -1.71. The molecule has 0 spiro atoms. The number of halogens is 2. The molecule has 0 aliphatic carbocycles. The van der Waals surface area contributed by atoms with E-state index in [0.717, 1.165) is 11.1 Å². The third-order valence-corrected chi connectivity index (χ3v) is 4.72. The van der Waals surface area contributed by atoms with Gasteiger partial charge in [-0.15, -0.1) is 0 Å². The highest BCUT2D eigenvalue weighted by Crippen LogP contribution is 2.20. The smallest absolute Gasteiger partial charge is 0.254 e. The van der Waals surface area contributed by atoms with Crippen molar-refractivity contribution in [2.24, 2.45) is 0 Å². The van der Waals surface area contributed by atoms with E-state index < -0.39 is 23.7 Å². The zero-order chi connectivity index (χ0) is 20.8. The fourth-order valence-electron chi connectivity index (χ4n) is 2.89. The maximum absolute atomic E-state index is 14.0. The zero-order valence-corrected chi connectivity index (χ0v) is 16.5. The molecular weight excluding hydrogens is 391 g/mol. The highest BCUT2D eigenvalue weighted by Gasteiger charge is 2.23. The lowest BCUT2D eigenvalue weighted by atomic mass is 10.0. The van der Waals surface area contributed by atoms with Gasteiger partial charge < -0.3 is 10.6 Å². The van der Waals surface area contributed by atoms with E-state index in [0.29, 0.717) is 10.7 Å². The van der Waals surface area contributed by atoms with E-state index in [9.17, 15) is 14.0 Å². The van der Waals surface area contributed by atoms with E-state index in [1.54, 1.807) is 24.3 Å². The number of nitrogens with one attached hydrogen (secondary N) is 2. The Labute approximate surface area is 173 Å². The van der Waals surface area contributed by atoms with E-state index in [4.69, 9.17) is 11.6 Å². The van der Waals surface area contributed by atoms with Crippen LogP contribution in [0.2, 0.25) is 5.02 Å². The lowest BCUT2D eigenvalue weighted by Crippen LogP contribution is -2.45. The van der Waals surface area contributed by atoms with Crippen LogP contribution in [0.5, 0.6) is 0 Å². The summed E-state index contributed by atoms with van der Waals surface area (Å²) in [6.45, 7) is 1.84. The lowest BCUT2D eigenvalue weighted by molar-refractivity contribution is -0.118. The topological polar surface area (TPSA) is 58.2 Å². The third-order valence-electron chi connectivity index (χ3n) is 4.48. The van der Waals surface area contributed by atoms with Crippen LogP contribution in [0.25, 0.3) is 0 Å². The van der Waals surface area contributed by atoms with Crippen LogP contribution in [0.4, 0.5) is 10.1 Å². The van der Waals surface area contributed by atoms with Crippen molar-refractivity contribution in [3.8, 4) is 0 Å². The van der Waals surface area contributed by atoms with Gasteiger partial charge in [0.15, 0.2) is 0 Å². The normalized spacial score (nSPS) is 11.6. The first-order valence-corrected chi connectivity index (χ1v) is 9.48. The Balaban J connectivity index is 1.84. The molecule has 0 unspecified atom stereocenters. The summed E-state index contributed by atoms with van der Waals surface area (Å²) in [4.78, 5) is 25.6. The van der Waals surface area contributed by atoms with Gasteiger partial charge in [0.1, 0.15) is 11.9 Å². The van der Waals surface area contributed by atoms with Gasteiger partial charge in [-0.2, -0.15) is 0 Å². The highest BCUT2D eigenvalue weighted by molar-refractivity contribution is 6.31. The molecule has 0 saturated heterocycles. The van der Waals surface area contributed by atoms with Gasteiger partial charge in [-0.25, -0.2) is 4.39 Å². The number of amides is 2. The molecule has 1 atom stereocenters. The fraction of sp³-hybridized carbons (Fsp3) is 0.130. The van der Waals surface area contributed by atoms with Gasteiger partial charge in [0, 0.05) is 17.1 Å². The monoisotopic (exact) mass is 410 g/mol. The van der Waals surface area contributed by atoms with Crippen molar-refractivity contribution in [1.82, 2.24) is 5.32 Å². The summed E-state index contributed by atoms with van der Waals surface area (Å²) >= 11 is 6.03. The number of hydrogen-bond acceptors (Lipinski definition) is 2. The summed E-state index contributed by atoms with van der Waals surface area (Å²) in [7, 11) is 0. The average molecular weight is 411 g/mol. The van der Waals surface area contributed by atoms with E-state index in [-0.39, 0.29) is 12.0 Å². The summed E-state index contributed by atoms with van der Waals surface area (Å²) in [6.07, 6.45) is 0.256. The first-order valence-electron chi connectivity index (χ1n) is 9.10. The minimum atomic E-state index is -0.900. The van der Waals surface area contributed by atoms with Crippen LogP contribution in [0, 0.1) is 12.7 Å². The largest absolute Gasteiger partial charge is 0.340 e. The molecule has 0 heterocycles. The summed E-state index contributed by atoms with van der Waals surface area (Å²) in [5, 5.41) is 5.95. The molecule has 3 rings (SSSR count). The Kier molecular flexibility index (Phi) is 6.62. The maximum atomic E-state index is 14.0. The average Bonchev–Trinajstić information content (AvgIpc) is 2.71. The molecule has 0 saturated carbocycles. The van der Waals surface area contributed by atoms with Crippen molar-refractivity contribution in [2.75, 3.05) is 5.32 Å². The minimum absolute atomic E-state index is 0.114. The van der Waals surface area contributed by atoms with Gasteiger partial charge in [-0.1, -0.05) is 60.1 Å². The Morgan fingerprint density at radius 1 is 1.00 bits per heavy atom. The summed E-state index contributed by atoms with van der Waals surface area (Å²) in [5.41, 5.74) is 2.14. The Bertz CT molecular complexity index is 1020. The Morgan fingerprint density at radius 2 is 1.69 bits per heavy atom. The summed E-state index contributed by atoms with van der Waals surface area (Å²) < 4.78 is 14.0. The fourth-order valence-corrected chi connectivity index (χ4v) is 3.06. The van der Waals surface area contributed by atoms with Crippen LogP contribution < -0.4 is 10.6 Å². The first-order chi connectivity index (χ1) is 13.9. The molecule has 3 aromatic rings. The zero-order valence-electron chi connectivity index (χ0n) is 15.8. The summed E-state index contributed by atoms with van der Waals surface area (Å²) in [6, 6.07) is 19.2. The molecular formula is C23H20ClFN2O2. The van der Waals surface area contributed by atoms with Crippen molar-refractivity contribution in [1.29, 1.82) is 0 Å². The SMILES string of the molecule is Cc1ccc(Cl)cc1NC(=O)[C@H](Cc1ccccc1)NC(=O)c1ccccc1F. The van der Waals surface area contributed by atoms with Crippen molar-refractivity contribution in [3.63, 3.8) is 0 Å². The molecule has 6 heteroatoms. The van der Waals surface area contributed by atoms with Crippen LogP contribution in [-0.2, 0) is 11.2 Å². The van der Waals surface area contributed by atoms with Crippen LogP contribution in [0.3, 0.4) is 0 Å². The van der Waals surface area contributed by atoms with Gasteiger partial charge in [0.25, 0.3) is 5.91 Å². The van der Waals surface area contributed by atoms with Gasteiger partial charge in [-0.05, 0) is 42.3 Å². The van der Waals surface area contributed by atoms with Crippen molar-refractivity contribution in [3.05, 3.63) is 100 Å². The molecule has 2 amide bonds. The molecule has 2 N–H and O–H groups in total. The van der Waals surface area contributed by atoms with Crippen LogP contribution in [-0.4, -0.2) is 17.9 Å². The van der Waals surface area contributed by atoms with Crippen LogP contribution in [0.15, 0.2) is 72.8 Å². The molecule has 3 aromatic carbocycles. The molecule has 0 aromatic heterocycles. The lowest BCUT2D eigenvalue weighted by Gasteiger charge is -2.20. The maximum Gasteiger partial charge on any atom is 0.254 e. The van der Waals surface area contributed by atoms with Crippen LogP contribution in [0.1, 0.15) is 21.5 Å². The number of benzene rings is 3. The highest BCUT2D eigenvalue weighted by atomic mass is 35.5. The van der Waals surface area contributed by atoms with Gasteiger partial charge in [0.2, 0.25) is 5.91 Å². The van der Waals surface area contributed by atoms with Crippen molar-refractivity contribution in [2.45, 2.75) is 19.4 Å². The molecule has 4 nitrogen and oxygen atoms in total. The number of anilines is 1. The molecule has 0 aliphatic heterocycles. The third kappa shape index (κ3) is 5.42. The van der Waals surface area contributed by atoms with Crippen molar-refractivity contribution >= 4 is 29.1 Å². The predicted octanol–water partition coefficient (Wildman–Crippen LogP) is 4.77. The van der Waals surface area contributed by atoms with Gasteiger partial charge >= 0.3 is 0 Å². The number of aryl methyl sites for hydroxylation is 1. The first kappa shape index (κ1) is 20.6. The predicted molar refractivity (Wildman–Crippen MR) is 113 cm³/mol. The number of rotatable bonds is 6. The van der Waals surface area contributed by atoms with Crippen molar-refractivity contribution < 1.29 is 14.0 Å². The Hall–Kier alpha value is -3.18. The number of carbonyl (C=O) groups is 2. The van der Waals surface area contributed by atoms with E-state index in [2.05, 4.69) is 10.6 Å². The molecule has 0 fully saturated rings. The second-order valence-corrected chi connectivity index (χ2v) is 7.08. The van der Waals surface area contributed by atoms with E-state index in [1.807, 2.05) is 37.3 Å². The molecule has 0 aliphatic rings. The second kappa shape index (κ2) is 9.34. The molecule has 29 heavy (non-hydrogen) atoms. The van der Waals surface area contributed by atoms with Gasteiger partial charge in [-0.3, -0.25) is 9.59 Å². The minimum Gasteiger partial charge on any atom is -0.340 e. The van der Waals surface area contributed by atoms with E-state index >= 15 is 0 Å². The van der Waals surface area contributed by atoms with E-state index in [1.165, 1.54) is 18.2 Å².